The van der Waals surface area contributed by atoms with Crippen LogP contribution in [-0.4, -0.2) is 30.1 Å². The molecule has 0 aromatic heterocycles. The van der Waals surface area contributed by atoms with Crippen LogP contribution in [0.25, 0.3) is 0 Å². The fourth-order valence-corrected chi connectivity index (χ4v) is 2.56. The number of nitrogens with two attached hydrogens (primary N) is 1. The van der Waals surface area contributed by atoms with Gasteiger partial charge in [0, 0.05) is 19.5 Å². The Morgan fingerprint density at radius 2 is 1.81 bits per heavy atom. The first-order valence-electron chi connectivity index (χ1n) is 7.74. The SMILES string of the molecule is CC(C)CC(CNC(=O)C(CN)CC(C)(C)C)CC(=O)O. The highest BCUT2D eigenvalue weighted by molar-refractivity contribution is 5.79. The van der Waals surface area contributed by atoms with Gasteiger partial charge in [0.15, 0.2) is 0 Å². The summed E-state index contributed by atoms with van der Waals surface area (Å²) in [6.07, 6.45) is 1.60. The number of aliphatic carboxylic acids is 1. The summed E-state index contributed by atoms with van der Waals surface area (Å²) in [5.74, 6) is -0.716. The van der Waals surface area contributed by atoms with Crippen LogP contribution in [0.2, 0.25) is 0 Å². The zero-order valence-corrected chi connectivity index (χ0v) is 14.1. The lowest BCUT2D eigenvalue weighted by Crippen LogP contribution is -2.39. The molecule has 0 aromatic rings. The quantitative estimate of drug-likeness (QED) is 0.609. The van der Waals surface area contributed by atoms with E-state index in [0.717, 1.165) is 12.8 Å². The van der Waals surface area contributed by atoms with E-state index in [4.69, 9.17) is 10.8 Å². The highest BCUT2D eigenvalue weighted by atomic mass is 16.4. The lowest BCUT2D eigenvalue weighted by atomic mass is 9.84. The van der Waals surface area contributed by atoms with E-state index in [2.05, 4.69) is 39.9 Å². The third-order valence-corrected chi connectivity index (χ3v) is 3.35. The van der Waals surface area contributed by atoms with E-state index >= 15 is 0 Å². The van der Waals surface area contributed by atoms with Gasteiger partial charge in [-0.2, -0.15) is 0 Å². The maximum absolute atomic E-state index is 12.2. The number of amides is 1. The monoisotopic (exact) mass is 300 g/mol. The Kier molecular flexibility index (Phi) is 8.55. The summed E-state index contributed by atoms with van der Waals surface area (Å²) < 4.78 is 0. The number of carboxylic acids is 1. The number of hydrogen-bond acceptors (Lipinski definition) is 3. The first-order chi connectivity index (χ1) is 9.55. The van der Waals surface area contributed by atoms with Crippen LogP contribution in [0, 0.1) is 23.2 Å². The van der Waals surface area contributed by atoms with Gasteiger partial charge in [-0.05, 0) is 30.1 Å². The molecule has 5 nitrogen and oxygen atoms in total. The van der Waals surface area contributed by atoms with Crippen LogP contribution in [0.5, 0.6) is 0 Å². The van der Waals surface area contributed by atoms with Gasteiger partial charge in [0.1, 0.15) is 0 Å². The first kappa shape index (κ1) is 19.9. The Labute approximate surface area is 128 Å². The summed E-state index contributed by atoms with van der Waals surface area (Å²) in [6, 6.07) is 0. The van der Waals surface area contributed by atoms with E-state index in [0.29, 0.717) is 19.0 Å². The Bertz CT molecular complexity index is 335. The molecule has 4 N–H and O–H groups in total. The molecule has 0 fully saturated rings. The fraction of sp³-hybridized carbons (Fsp3) is 0.875. The fourth-order valence-electron chi connectivity index (χ4n) is 2.56. The highest BCUT2D eigenvalue weighted by Crippen LogP contribution is 2.24. The molecule has 2 unspecified atom stereocenters. The third-order valence-electron chi connectivity index (χ3n) is 3.35. The molecular weight excluding hydrogens is 268 g/mol. The summed E-state index contributed by atoms with van der Waals surface area (Å²) >= 11 is 0. The zero-order valence-electron chi connectivity index (χ0n) is 14.1. The van der Waals surface area contributed by atoms with Gasteiger partial charge in [0.05, 0.1) is 5.92 Å². The van der Waals surface area contributed by atoms with Gasteiger partial charge in [-0.25, -0.2) is 0 Å². The second kappa shape index (κ2) is 9.03. The van der Waals surface area contributed by atoms with Gasteiger partial charge >= 0.3 is 5.97 Å². The Morgan fingerprint density at radius 1 is 1.24 bits per heavy atom. The number of nitrogens with one attached hydrogen (secondary N) is 1. The Morgan fingerprint density at radius 3 is 2.19 bits per heavy atom. The molecule has 0 aliphatic heterocycles. The predicted molar refractivity (Wildman–Crippen MR) is 84.8 cm³/mol. The van der Waals surface area contributed by atoms with Crippen LogP contribution in [0.1, 0.15) is 53.9 Å². The lowest BCUT2D eigenvalue weighted by Gasteiger charge is -2.25. The normalized spacial score (nSPS) is 14.8. The molecule has 0 rings (SSSR count). The maximum atomic E-state index is 12.2. The Balaban J connectivity index is 4.48. The molecule has 0 spiro atoms. The van der Waals surface area contributed by atoms with Crippen molar-refractivity contribution in [2.75, 3.05) is 13.1 Å². The van der Waals surface area contributed by atoms with E-state index in [1.54, 1.807) is 0 Å². The van der Waals surface area contributed by atoms with Crippen LogP contribution in [0.3, 0.4) is 0 Å². The molecular formula is C16H32N2O3. The van der Waals surface area contributed by atoms with Gasteiger partial charge in [0.25, 0.3) is 0 Å². The van der Waals surface area contributed by atoms with Crippen LogP contribution >= 0.6 is 0 Å². The average Bonchev–Trinajstić information content (AvgIpc) is 2.30. The van der Waals surface area contributed by atoms with Crippen molar-refractivity contribution in [1.82, 2.24) is 5.32 Å². The molecule has 0 heterocycles. The van der Waals surface area contributed by atoms with E-state index in [-0.39, 0.29) is 29.6 Å². The first-order valence-corrected chi connectivity index (χ1v) is 7.74. The van der Waals surface area contributed by atoms with Crippen molar-refractivity contribution in [2.45, 2.75) is 53.9 Å². The smallest absolute Gasteiger partial charge is 0.303 e. The van der Waals surface area contributed by atoms with Gasteiger partial charge in [-0.15, -0.1) is 0 Å². The molecule has 2 atom stereocenters. The van der Waals surface area contributed by atoms with Crippen molar-refractivity contribution in [2.24, 2.45) is 28.9 Å². The topological polar surface area (TPSA) is 92.4 Å². The van der Waals surface area contributed by atoms with Crippen LogP contribution in [-0.2, 0) is 9.59 Å². The van der Waals surface area contributed by atoms with Crippen LogP contribution in [0.15, 0.2) is 0 Å². The van der Waals surface area contributed by atoms with Crippen molar-refractivity contribution >= 4 is 11.9 Å². The molecule has 0 bridgehead atoms. The second-order valence-electron chi connectivity index (χ2n) is 7.54. The summed E-state index contributed by atoms with van der Waals surface area (Å²) in [6.45, 7) is 11.1. The summed E-state index contributed by atoms with van der Waals surface area (Å²) in [5, 5.41) is 11.8. The van der Waals surface area contributed by atoms with E-state index in [9.17, 15) is 9.59 Å². The van der Waals surface area contributed by atoms with Crippen LogP contribution in [0.4, 0.5) is 0 Å². The Hall–Kier alpha value is -1.10. The molecule has 5 heteroatoms. The molecule has 0 aliphatic rings. The predicted octanol–water partition coefficient (Wildman–Crippen LogP) is 2.25. The molecule has 124 valence electrons. The molecule has 0 radical (unpaired) electrons. The standard InChI is InChI=1S/C16H32N2O3/c1-11(2)6-12(7-14(19)20)10-18-15(21)13(9-17)8-16(3,4)5/h11-13H,6-10,17H2,1-5H3,(H,18,21)(H,19,20). The minimum atomic E-state index is -0.819. The molecule has 0 aromatic carbocycles. The molecule has 0 saturated heterocycles. The number of carbonyl (C=O) groups is 2. The molecule has 1 amide bonds. The van der Waals surface area contributed by atoms with Gasteiger partial charge in [-0.3, -0.25) is 9.59 Å². The maximum Gasteiger partial charge on any atom is 0.303 e. The minimum Gasteiger partial charge on any atom is -0.481 e. The highest BCUT2D eigenvalue weighted by Gasteiger charge is 2.24. The number of carbonyl (C=O) groups excluding carboxylic acids is 1. The van der Waals surface area contributed by atoms with Crippen molar-refractivity contribution in [1.29, 1.82) is 0 Å². The van der Waals surface area contributed by atoms with Crippen molar-refractivity contribution in [3.8, 4) is 0 Å². The average molecular weight is 300 g/mol. The van der Waals surface area contributed by atoms with Crippen molar-refractivity contribution in [3.63, 3.8) is 0 Å². The minimum absolute atomic E-state index is 0.0282. The molecule has 0 saturated carbocycles. The van der Waals surface area contributed by atoms with Crippen molar-refractivity contribution in [3.05, 3.63) is 0 Å². The van der Waals surface area contributed by atoms with Gasteiger partial charge < -0.3 is 16.2 Å². The van der Waals surface area contributed by atoms with E-state index in [1.807, 2.05) is 0 Å². The molecule has 21 heavy (non-hydrogen) atoms. The largest absolute Gasteiger partial charge is 0.481 e. The summed E-state index contributed by atoms with van der Waals surface area (Å²) in [5.41, 5.74) is 5.74. The second-order valence-corrected chi connectivity index (χ2v) is 7.54. The summed E-state index contributed by atoms with van der Waals surface area (Å²) in [4.78, 5) is 23.1. The number of carboxylic acid groups (broad SMARTS) is 1. The lowest BCUT2D eigenvalue weighted by molar-refractivity contribution is -0.138. The van der Waals surface area contributed by atoms with Crippen LogP contribution < -0.4 is 11.1 Å². The van der Waals surface area contributed by atoms with E-state index in [1.165, 1.54) is 0 Å². The zero-order chi connectivity index (χ0) is 16.6. The van der Waals surface area contributed by atoms with Gasteiger partial charge in [0.2, 0.25) is 5.91 Å². The van der Waals surface area contributed by atoms with E-state index < -0.39 is 5.97 Å². The third kappa shape index (κ3) is 10.3. The summed E-state index contributed by atoms with van der Waals surface area (Å²) in [7, 11) is 0. The molecule has 0 aliphatic carbocycles. The van der Waals surface area contributed by atoms with Crippen molar-refractivity contribution < 1.29 is 14.7 Å². The number of rotatable bonds is 9. The van der Waals surface area contributed by atoms with Gasteiger partial charge in [-0.1, -0.05) is 34.6 Å². The number of hydrogen-bond donors (Lipinski definition) is 3.